The summed E-state index contributed by atoms with van der Waals surface area (Å²) in [6.07, 6.45) is 6.23. The van der Waals surface area contributed by atoms with Crippen molar-refractivity contribution in [2.45, 2.75) is 20.3 Å². The molecule has 1 N–H and O–H groups in total. The molecule has 1 aromatic carbocycles. The number of anilines is 3. The first-order chi connectivity index (χ1) is 12.1. The van der Waals surface area contributed by atoms with Crippen molar-refractivity contribution in [1.82, 2.24) is 20.2 Å². The summed E-state index contributed by atoms with van der Waals surface area (Å²) in [7, 11) is 2.01. The summed E-state index contributed by atoms with van der Waals surface area (Å²) in [5.74, 6) is 1.29. The highest BCUT2D eigenvalue weighted by Crippen LogP contribution is 2.18. The number of nitrogens with one attached hydrogen (secondary N) is 1. The number of rotatable bonds is 6. The molecule has 0 aliphatic rings. The van der Waals surface area contributed by atoms with E-state index in [0.29, 0.717) is 5.95 Å². The van der Waals surface area contributed by atoms with Gasteiger partial charge < -0.3 is 10.2 Å². The Kier molecular flexibility index (Phi) is 5.18. The molecule has 2 aromatic heterocycles. The first kappa shape index (κ1) is 16.8. The topological polar surface area (TPSA) is 66.8 Å². The van der Waals surface area contributed by atoms with Crippen LogP contribution < -0.4 is 10.2 Å². The summed E-state index contributed by atoms with van der Waals surface area (Å²) in [4.78, 5) is 10.7. The van der Waals surface area contributed by atoms with Crippen LogP contribution in [0.25, 0.3) is 0 Å². The fourth-order valence-electron chi connectivity index (χ4n) is 2.67. The van der Waals surface area contributed by atoms with Crippen LogP contribution in [-0.4, -0.2) is 33.8 Å². The van der Waals surface area contributed by atoms with E-state index in [1.54, 1.807) is 6.20 Å². The van der Waals surface area contributed by atoms with Gasteiger partial charge in [0.25, 0.3) is 0 Å². The van der Waals surface area contributed by atoms with Crippen molar-refractivity contribution < 1.29 is 0 Å². The molecule has 0 aliphatic carbocycles. The van der Waals surface area contributed by atoms with Crippen LogP contribution in [0.15, 0.2) is 48.9 Å². The standard InChI is InChI=1S/C19H22N6/c1-14-10-15(2)12-17(11-14)22-19-23-18(13-21-24-19)25(3)9-6-16-4-7-20-8-5-16/h4-5,7-8,10-13H,6,9H2,1-3H3,(H,22,23,24). The highest BCUT2D eigenvalue weighted by atomic mass is 15.3. The number of hydrogen-bond acceptors (Lipinski definition) is 6. The second kappa shape index (κ2) is 7.70. The van der Waals surface area contributed by atoms with Gasteiger partial charge in [0, 0.05) is 31.7 Å². The monoisotopic (exact) mass is 334 g/mol. The Morgan fingerprint density at radius 3 is 2.48 bits per heavy atom. The number of hydrogen-bond donors (Lipinski definition) is 1. The maximum absolute atomic E-state index is 4.57. The third-order valence-electron chi connectivity index (χ3n) is 3.90. The fourth-order valence-corrected chi connectivity index (χ4v) is 2.67. The zero-order valence-electron chi connectivity index (χ0n) is 14.8. The van der Waals surface area contributed by atoms with E-state index in [9.17, 15) is 0 Å². The number of aromatic nitrogens is 4. The van der Waals surface area contributed by atoms with Crippen LogP contribution in [0.5, 0.6) is 0 Å². The molecular weight excluding hydrogens is 312 g/mol. The molecule has 0 unspecified atom stereocenters. The molecule has 0 amide bonds. The highest BCUT2D eigenvalue weighted by molar-refractivity contribution is 5.56. The van der Waals surface area contributed by atoms with Crippen LogP contribution in [0.2, 0.25) is 0 Å². The second-order valence-electron chi connectivity index (χ2n) is 6.17. The van der Waals surface area contributed by atoms with Crippen molar-refractivity contribution in [3.05, 3.63) is 65.6 Å². The van der Waals surface area contributed by atoms with Gasteiger partial charge in [-0.25, -0.2) is 0 Å². The summed E-state index contributed by atoms with van der Waals surface area (Å²) >= 11 is 0. The number of aryl methyl sites for hydroxylation is 2. The minimum atomic E-state index is 0.498. The lowest BCUT2D eigenvalue weighted by molar-refractivity contribution is 0.840. The Morgan fingerprint density at radius 1 is 1.04 bits per heavy atom. The Morgan fingerprint density at radius 2 is 1.76 bits per heavy atom. The third-order valence-corrected chi connectivity index (χ3v) is 3.90. The number of benzene rings is 1. The summed E-state index contributed by atoms with van der Waals surface area (Å²) in [5, 5.41) is 11.4. The minimum absolute atomic E-state index is 0.498. The van der Waals surface area contributed by atoms with Gasteiger partial charge in [-0.15, -0.1) is 5.10 Å². The lowest BCUT2D eigenvalue weighted by atomic mass is 10.1. The first-order valence-corrected chi connectivity index (χ1v) is 8.25. The molecular formula is C19H22N6. The Bertz CT molecular complexity index is 814. The molecule has 0 atom stereocenters. The van der Waals surface area contributed by atoms with Gasteiger partial charge in [0.05, 0.1) is 6.20 Å². The summed E-state index contributed by atoms with van der Waals surface area (Å²) in [6, 6.07) is 10.3. The first-order valence-electron chi connectivity index (χ1n) is 8.25. The van der Waals surface area contributed by atoms with Crippen LogP contribution in [0.3, 0.4) is 0 Å². The average Bonchev–Trinajstić information content (AvgIpc) is 2.60. The molecule has 128 valence electrons. The molecule has 0 saturated carbocycles. The van der Waals surface area contributed by atoms with Gasteiger partial charge in [-0.05, 0) is 61.2 Å². The normalized spacial score (nSPS) is 10.5. The molecule has 2 heterocycles. The van der Waals surface area contributed by atoms with E-state index in [2.05, 4.69) is 62.4 Å². The Labute approximate surface area is 148 Å². The van der Waals surface area contributed by atoms with Gasteiger partial charge in [-0.2, -0.15) is 10.1 Å². The predicted molar refractivity (Wildman–Crippen MR) is 100 cm³/mol. The predicted octanol–water partition coefficient (Wildman–Crippen LogP) is 3.31. The van der Waals surface area contributed by atoms with E-state index >= 15 is 0 Å². The van der Waals surface area contributed by atoms with E-state index in [1.807, 2.05) is 31.6 Å². The largest absolute Gasteiger partial charge is 0.358 e. The minimum Gasteiger partial charge on any atom is -0.358 e. The Balaban J connectivity index is 1.68. The van der Waals surface area contributed by atoms with Gasteiger partial charge >= 0.3 is 0 Å². The van der Waals surface area contributed by atoms with Crippen LogP contribution in [0, 0.1) is 13.8 Å². The Hall–Kier alpha value is -3.02. The SMILES string of the molecule is Cc1cc(C)cc(Nc2nncc(N(C)CCc3ccncc3)n2)c1. The highest BCUT2D eigenvalue weighted by Gasteiger charge is 2.07. The molecule has 25 heavy (non-hydrogen) atoms. The quantitative estimate of drug-likeness (QED) is 0.746. The average molecular weight is 334 g/mol. The van der Waals surface area contributed by atoms with Crippen LogP contribution in [0.4, 0.5) is 17.5 Å². The lowest BCUT2D eigenvalue weighted by Crippen LogP contribution is -2.22. The maximum Gasteiger partial charge on any atom is 0.249 e. The van der Waals surface area contributed by atoms with Crippen molar-refractivity contribution in [1.29, 1.82) is 0 Å². The number of pyridine rings is 1. The van der Waals surface area contributed by atoms with Crippen molar-refractivity contribution >= 4 is 17.5 Å². The molecule has 0 aliphatic heterocycles. The second-order valence-corrected chi connectivity index (χ2v) is 6.17. The van der Waals surface area contributed by atoms with E-state index < -0.39 is 0 Å². The van der Waals surface area contributed by atoms with Crippen LogP contribution in [0.1, 0.15) is 16.7 Å². The van der Waals surface area contributed by atoms with Crippen molar-refractivity contribution in [3.8, 4) is 0 Å². The smallest absolute Gasteiger partial charge is 0.249 e. The molecule has 0 radical (unpaired) electrons. The number of nitrogens with zero attached hydrogens (tertiary/aromatic N) is 5. The molecule has 6 nitrogen and oxygen atoms in total. The number of likely N-dealkylation sites (N-methyl/N-ethyl adjacent to an activating group) is 1. The van der Waals surface area contributed by atoms with Gasteiger partial charge in [0.1, 0.15) is 0 Å². The van der Waals surface area contributed by atoms with Gasteiger partial charge in [-0.1, -0.05) is 6.07 Å². The molecule has 0 fully saturated rings. The molecule has 3 rings (SSSR count). The molecule has 0 spiro atoms. The fraction of sp³-hybridized carbons (Fsp3) is 0.263. The van der Waals surface area contributed by atoms with Gasteiger partial charge in [0.15, 0.2) is 5.82 Å². The molecule has 3 aromatic rings. The van der Waals surface area contributed by atoms with Crippen LogP contribution >= 0.6 is 0 Å². The van der Waals surface area contributed by atoms with Crippen molar-refractivity contribution in [3.63, 3.8) is 0 Å². The summed E-state index contributed by atoms with van der Waals surface area (Å²) in [6.45, 7) is 4.98. The summed E-state index contributed by atoms with van der Waals surface area (Å²) in [5.41, 5.74) is 4.61. The maximum atomic E-state index is 4.57. The van der Waals surface area contributed by atoms with Crippen LogP contribution in [-0.2, 0) is 6.42 Å². The van der Waals surface area contributed by atoms with E-state index in [1.165, 1.54) is 16.7 Å². The lowest BCUT2D eigenvalue weighted by Gasteiger charge is -2.18. The molecule has 0 saturated heterocycles. The third kappa shape index (κ3) is 4.73. The van der Waals surface area contributed by atoms with E-state index in [4.69, 9.17) is 0 Å². The van der Waals surface area contributed by atoms with Crippen molar-refractivity contribution in [2.24, 2.45) is 0 Å². The zero-order chi connectivity index (χ0) is 17.6. The molecule has 6 heteroatoms. The van der Waals surface area contributed by atoms with E-state index in [-0.39, 0.29) is 0 Å². The van der Waals surface area contributed by atoms with Gasteiger partial charge in [0.2, 0.25) is 5.95 Å². The van der Waals surface area contributed by atoms with Crippen molar-refractivity contribution in [2.75, 3.05) is 23.8 Å². The summed E-state index contributed by atoms with van der Waals surface area (Å²) < 4.78 is 0. The molecule has 0 bridgehead atoms. The van der Waals surface area contributed by atoms with E-state index in [0.717, 1.165) is 24.5 Å². The van der Waals surface area contributed by atoms with Gasteiger partial charge in [-0.3, -0.25) is 4.98 Å². The zero-order valence-corrected chi connectivity index (χ0v) is 14.8.